The zero-order valence-corrected chi connectivity index (χ0v) is 33.0. The van der Waals surface area contributed by atoms with Crippen molar-refractivity contribution in [3.05, 3.63) is 0 Å². The van der Waals surface area contributed by atoms with Crippen LogP contribution < -0.4 is 17.1 Å². The average molecular weight is 704 g/mol. The van der Waals surface area contributed by atoms with Gasteiger partial charge in [-0.3, -0.25) is 0 Å². The molecule has 0 spiro atoms. The lowest BCUT2D eigenvalue weighted by molar-refractivity contribution is -0.206. The Balaban J connectivity index is 4.45. The Labute approximate surface area is 299 Å². The molecular weight excluding hydrogens is 627 g/mol. The third kappa shape index (κ3) is 26.1. The second-order valence-corrected chi connectivity index (χ2v) is 15.9. The molecule has 9 heteroatoms. The Morgan fingerprint density at radius 2 is 0.723 bits per heavy atom. The van der Waals surface area contributed by atoms with Crippen LogP contribution in [0.4, 0.5) is 0 Å². The molecule has 7 nitrogen and oxygen atoms in total. The largest absolute Gasteiger partial charge is 0.348 e. The smallest absolute Gasteiger partial charge is 0.333 e. The van der Waals surface area contributed by atoms with Gasteiger partial charge in [0.1, 0.15) is 11.1 Å². The van der Waals surface area contributed by atoms with Gasteiger partial charge in [-0.25, -0.2) is 9.59 Å². The minimum Gasteiger partial charge on any atom is -0.333 e. The van der Waals surface area contributed by atoms with Crippen LogP contribution >= 0.6 is 23.5 Å². The van der Waals surface area contributed by atoms with E-state index in [0.29, 0.717) is 25.7 Å². The number of hydrogen-bond acceptors (Lipinski definition) is 9. The molecule has 2 unspecified atom stereocenters. The SMILES string of the molecule is CCCCCCCCCCCCCCC(N)(CCSC)C(=O)ONOC(=O)C(N)(CCCCCCCCCCCCCC)CCSC. The molecule has 0 amide bonds. The van der Waals surface area contributed by atoms with Crippen LogP contribution in [0.15, 0.2) is 0 Å². The van der Waals surface area contributed by atoms with Gasteiger partial charge >= 0.3 is 11.9 Å². The summed E-state index contributed by atoms with van der Waals surface area (Å²) in [6.45, 7) is 4.52. The summed E-state index contributed by atoms with van der Waals surface area (Å²) >= 11 is 3.31. The second-order valence-electron chi connectivity index (χ2n) is 13.9. The first-order valence-corrected chi connectivity index (χ1v) is 22.3. The first-order valence-electron chi connectivity index (χ1n) is 19.5. The van der Waals surface area contributed by atoms with Gasteiger partial charge < -0.3 is 21.1 Å². The monoisotopic (exact) mass is 704 g/mol. The summed E-state index contributed by atoms with van der Waals surface area (Å²) in [5.74, 6) is 0.331. The van der Waals surface area contributed by atoms with E-state index in [-0.39, 0.29) is 0 Å². The molecule has 280 valence electrons. The van der Waals surface area contributed by atoms with E-state index in [9.17, 15) is 9.59 Å². The highest BCUT2D eigenvalue weighted by Crippen LogP contribution is 2.23. The van der Waals surface area contributed by atoms with Gasteiger partial charge in [-0.15, -0.1) is 0 Å². The predicted octanol–water partition coefficient (Wildman–Crippen LogP) is 10.6. The highest BCUT2D eigenvalue weighted by Gasteiger charge is 2.37. The number of thioether (sulfide) groups is 2. The molecule has 2 atom stereocenters. The summed E-state index contributed by atoms with van der Waals surface area (Å²) in [5, 5.41) is 0. The van der Waals surface area contributed by atoms with Gasteiger partial charge in [0.15, 0.2) is 0 Å². The quantitative estimate of drug-likeness (QED) is 0.0433. The van der Waals surface area contributed by atoms with Crippen molar-refractivity contribution in [3.8, 4) is 0 Å². The molecule has 0 bridgehead atoms. The Morgan fingerprint density at radius 3 is 0.979 bits per heavy atom. The van der Waals surface area contributed by atoms with Crippen molar-refractivity contribution in [2.45, 2.75) is 205 Å². The molecule has 0 fully saturated rings. The Morgan fingerprint density at radius 1 is 0.468 bits per heavy atom. The highest BCUT2D eigenvalue weighted by atomic mass is 32.2. The summed E-state index contributed by atoms with van der Waals surface area (Å²) < 4.78 is 0. The van der Waals surface area contributed by atoms with Crippen LogP contribution in [0.2, 0.25) is 0 Å². The Hall–Kier alpha value is -0.480. The van der Waals surface area contributed by atoms with Crippen molar-refractivity contribution in [1.29, 1.82) is 0 Å². The Kier molecular flexibility index (Phi) is 32.4. The highest BCUT2D eigenvalue weighted by molar-refractivity contribution is 7.98. The van der Waals surface area contributed by atoms with Crippen LogP contribution in [0, 0.1) is 0 Å². The minimum absolute atomic E-state index is 0.508. The van der Waals surface area contributed by atoms with E-state index in [4.69, 9.17) is 21.1 Å². The molecule has 0 saturated carbocycles. The van der Waals surface area contributed by atoms with E-state index in [1.807, 2.05) is 12.5 Å². The fourth-order valence-corrected chi connectivity index (χ4v) is 7.23. The standard InChI is InChI=1S/C38H77N3O4S2/c1-5-7-9-11-13-15-17-19-21-23-25-27-29-37(39,31-33-46-3)35(42)44-41-45-36(43)38(40,32-34-47-4)30-28-26-24-22-20-18-16-14-12-10-8-6-2/h41H,5-34,39-40H2,1-4H3. The zero-order chi connectivity index (χ0) is 34.9. The van der Waals surface area contributed by atoms with Gasteiger partial charge in [0.05, 0.1) is 0 Å². The molecule has 0 aliphatic carbocycles. The average Bonchev–Trinajstić information content (AvgIpc) is 3.07. The van der Waals surface area contributed by atoms with Gasteiger partial charge in [0.25, 0.3) is 0 Å². The van der Waals surface area contributed by atoms with Crippen LogP contribution in [0.5, 0.6) is 0 Å². The van der Waals surface area contributed by atoms with Crippen molar-refractivity contribution in [2.75, 3.05) is 24.0 Å². The van der Waals surface area contributed by atoms with Crippen molar-refractivity contribution in [3.63, 3.8) is 0 Å². The van der Waals surface area contributed by atoms with E-state index in [0.717, 1.165) is 50.0 Å². The fourth-order valence-electron chi connectivity index (χ4n) is 6.09. The second kappa shape index (κ2) is 32.7. The Bertz CT molecular complexity index is 675. The summed E-state index contributed by atoms with van der Waals surface area (Å²) in [6.07, 6.45) is 36.2. The summed E-state index contributed by atoms with van der Waals surface area (Å²) in [5.41, 5.74) is 13.1. The maximum absolute atomic E-state index is 13.1. The number of nitrogens with two attached hydrogens (primary N) is 2. The van der Waals surface area contributed by atoms with Crippen LogP contribution in [0.1, 0.15) is 194 Å². The number of carbonyl (C=O) groups excluding carboxylic acids is 2. The molecular formula is C38H77N3O4S2. The third-order valence-electron chi connectivity index (χ3n) is 9.54. The molecule has 0 heterocycles. The number of nitrogens with one attached hydrogen (secondary N) is 1. The minimum atomic E-state index is -1.12. The summed E-state index contributed by atoms with van der Waals surface area (Å²) in [4.78, 5) is 36.6. The lowest BCUT2D eigenvalue weighted by Gasteiger charge is -2.28. The molecule has 5 N–H and O–H groups in total. The normalized spacial score (nSPS) is 14.1. The molecule has 0 radical (unpaired) electrons. The van der Waals surface area contributed by atoms with Crippen LogP contribution in [0.25, 0.3) is 0 Å². The van der Waals surface area contributed by atoms with E-state index in [1.165, 1.54) is 116 Å². The molecule has 0 aliphatic rings. The van der Waals surface area contributed by atoms with Crippen molar-refractivity contribution >= 4 is 35.5 Å². The molecule has 0 aromatic heterocycles. The summed E-state index contributed by atoms with van der Waals surface area (Å²) in [6, 6.07) is 0. The van der Waals surface area contributed by atoms with Crippen molar-refractivity contribution in [2.24, 2.45) is 11.5 Å². The van der Waals surface area contributed by atoms with Gasteiger partial charge in [-0.05, 0) is 49.7 Å². The predicted molar refractivity (Wildman–Crippen MR) is 207 cm³/mol. The number of hydrogen-bond donors (Lipinski definition) is 3. The van der Waals surface area contributed by atoms with Gasteiger partial charge in [-0.2, -0.15) is 23.5 Å². The zero-order valence-electron chi connectivity index (χ0n) is 31.3. The van der Waals surface area contributed by atoms with E-state index in [1.54, 1.807) is 23.5 Å². The fraction of sp³-hybridized carbons (Fsp3) is 0.947. The summed E-state index contributed by atoms with van der Waals surface area (Å²) in [7, 11) is 0. The van der Waals surface area contributed by atoms with Gasteiger partial charge in [0, 0.05) is 5.64 Å². The maximum atomic E-state index is 13.1. The van der Waals surface area contributed by atoms with Crippen LogP contribution in [0.3, 0.4) is 0 Å². The first kappa shape index (κ1) is 46.5. The van der Waals surface area contributed by atoms with Crippen molar-refractivity contribution < 1.29 is 19.3 Å². The maximum Gasteiger partial charge on any atom is 0.348 e. The van der Waals surface area contributed by atoms with Crippen LogP contribution in [-0.2, 0) is 19.3 Å². The molecule has 0 aromatic rings. The lowest BCUT2D eigenvalue weighted by Crippen LogP contribution is -2.53. The molecule has 47 heavy (non-hydrogen) atoms. The van der Waals surface area contributed by atoms with Gasteiger partial charge in [0.2, 0.25) is 0 Å². The first-order chi connectivity index (χ1) is 22.8. The topological polar surface area (TPSA) is 117 Å². The number of unbranched alkanes of at least 4 members (excludes halogenated alkanes) is 22. The third-order valence-corrected chi connectivity index (χ3v) is 10.8. The molecule has 0 rings (SSSR count). The van der Waals surface area contributed by atoms with Crippen molar-refractivity contribution in [1.82, 2.24) is 5.64 Å². The lowest BCUT2D eigenvalue weighted by atomic mass is 9.90. The molecule has 0 aromatic carbocycles. The van der Waals surface area contributed by atoms with E-state index in [2.05, 4.69) is 19.5 Å². The number of carbonyl (C=O) groups is 2. The van der Waals surface area contributed by atoms with E-state index < -0.39 is 23.0 Å². The van der Waals surface area contributed by atoms with Gasteiger partial charge in [-0.1, -0.05) is 168 Å². The molecule has 0 saturated heterocycles. The van der Waals surface area contributed by atoms with E-state index >= 15 is 0 Å². The van der Waals surface area contributed by atoms with Crippen LogP contribution in [-0.4, -0.2) is 47.0 Å². The number of rotatable bonds is 36. The molecule has 0 aliphatic heterocycles.